The molecule has 4 rings (SSSR count). The molecule has 0 amide bonds. The van der Waals surface area contributed by atoms with Crippen LogP contribution in [0.25, 0.3) is 0 Å². The standard InChI is InChI=1S/C24H25NO3/c1-27-19-14-12-18(13-15-19)25-22-11-7-6-10-20(22)21(16-23(25)24(26)28-2)17-8-4-3-5-9-17/h3-5,8-9,12-16,21H,6-7,10-11H2,1-2H3/t21-/m1/s1. The average Bonchev–Trinajstić information content (AvgIpc) is 2.78. The molecular formula is C24H25NO3. The van der Waals surface area contributed by atoms with Crippen LogP contribution in [0.3, 0.4) is 0 Å². The fourth-order valence-electron chi connectivity index (χ4n) is 4.23. The number of ether oxygens (including phenoxy) is 2. The number of anilines is 1. The molecule has 1 aliphatic carbocycles. The molecule has 0 aromatic heterocycles. The van der Waals surface area contributed by atoms with Gasteiger partial charge >= 0.3 is 5.97 Å². The van der Waals surface area contributed by atoms with E-state index in [1.165, 1.54) is 30.4 Å². The predicted octanol–water partition coefficient (Wildman–Crippen LogP) is 5.18. The largest absolute Gasteiger partial charge is 0.497 e. The van der Waals surface area contributed by atoms with E-state index in [0.717, 1.165) is 30.7 Å². The minimum atomic E-state index is -0.311. The third-order valence-electron chi connectivity index (χ3n) is 5.57. The molecule has 0 N–H and O–H groups in total. The van der Waals surface area contributed by atoms with Crippen molar-refractivity contribution in [2.45, 2.75) is 31.6 Å². The van der Waals surface area contributed by atoms with Crippen molar-refractivity contribution in [2.24, 2.45) is 0 Å². The molecule has 1 aliphatic heterocycles. The summed E-state index contributed by atoms with van der Waals surface area (Å²) in [6.45, 7) is 0. The highest BCUT2D eigenvalue weighted by molar-refractivity contribution is 5.95. The van der Waals surface area contributed by atoms with Crippen LogP contribution in [0, 0.1) is 0 Å². The normalized spacial score (nSPS) is 19.0. The van der Waals surface area contributed by atoms with E-state index >= 15 is 0 Å². The van der Waals surface area contributed by atoms with Crippen molar-refractivity contribution in [1.29, 1.82) is 0 Å². The molecule has 144 valence electrons. The number of allylic oxidation sites excluding steroid dienone is 3. The smallest absolute Gasteiger partial charge is 0.354 e. The lowest BCUT2D eigenvalue weighted by Crippen LogP contribution is -2.34. The number of hydrogen-bond acceptors (Lipinski definition) is 4. The van der Waals surface area contributed by atoms with Crippen LogP contribution in [0.1, 0.15) is 37.2 Å². The second kappa shape index (κ2) is 7.93. The number of nitrogens with zero attached hydrogens (tertiary/aromatic N) is 1. The summed E-state index contributed by atoms with van der Waals surface area (Å²) >= 11 is 0. The van der Waals surface area contributed by atoms with Gasteiger partial charge in [-0.05, 0) is 67.2 Å². The lowest BCUT2D eigenvalue weighted by atomic mass is 9.79. The SMILES string of the molecule is COC(=O)C1=C[C@H](c2ccccc2)C2=C(CCCC2)N1c1ccc(OC)cc1. The van der Waals surface area contributed by atoms with Gasteiger partial charge in [0.2, 0.25) is 0 Å². The summed E-state index contributed by atoms with van der Waals surface area (Å²) in [6, 6.07) is 18.3. The van der Waals surface area contributed by atoms with Crippen molar-refractivity contribution in [1.82, 2.24) is 0 Å². The minimum Gasteiger partial charge on any atom is -0.497 e. The molecule has 0 bridgehead atoms. The fourth-order valence-corrected chi connectivity index (χ4v) is 4.23. The van der Waals surface area contributed by atoms with Gasteiger partial charge in [-0.3, -0.25) is 0 Å². The Labute approximate surface area is 166 Å². The van der Waals surface area contributed by atoms with Crippen molar-refractivity contribution in [3.05, 3.63) is 83.2 Å². The first-order chi connectivity index (χ1) is 13.7. The highest BCUT2D eigenvalue weighted by atomic mass is 16.5. The van der Waals surface area contributed by atoms with Crippen LogP contribution in [0.5, 0.6) is 5.75 Å². The Morgan fingerprint density at radius 2 is 1.68 bits per heavy atom. The molecule has 1 heterocycles. The first kappa shape index (κ1) is 18.4. The molecule has 0 spiro atoms. The van der Waals surface area contributed by atoms with Gasteiger partial charge in [-0.1, -0.05) is 30.3 Å². The van der Waals surface area contributed by atoms with Crippen molar-refractivity contribution in [3.8, 4) is 5.75 Å². The molecule has 0 saturated carbocycles. The van der Waals surface area contributed by atoms with Crippen LogP contribution in [0.15, 0.2) is 77.6 Å². The predicted molar refractivity (Wildman–Crippen MR) is 110 cm³/mol. The van der Waals surface area contributed by atoms with Crippen LogP contribution in [-0.4, -0.2) is 20.2 Å². The quantitative estimate of drug-likeness (QED) is 0.690. The van der Waals surface area contributed by atoms with Gasteiger partial charge < -0.3 is 14.4 Å². The van der Waals surface area contributed by atoms with E-state index in [1.54, 1.807) is 7.11 Å². The Balaban J connectivity index is 1.86. The summed E-state index contributed by atoms with van der Waals surface area (Å²) in [5.41, 5.74) is 5.39. The van der Waals surface area contributed by atoms with Crippen LogP contribution >= 0.6 is 0 Å². The van der Waals surface area contributed by atoms with Gasteiger partial charge in [0.05, 0.1) is 14.2 Å². The van der Waals surface area contributed by atoms with E-state index in [2.05, 4.69) is 35.2 Å². The molecule has 0 unspecified atom stereocenters. The molecule has 2 aliphatic rings. The van der Waals surface area contributed by atoms with E-state index in [-0.39, 0.29) is 11.9 Å². The topological polar surface area (TPSA) is 38.8 Å². The Morgan fingerprint density at radius 3 is 2.36 bits per heavy atom. The first-order valence-corrected chi connectivity index (χ1v) is 9.74. The number of rotatable bonds is 4. The van der Waals surface area contributed by atoms with Gasteiger partial charge in [0.1, 0.15) is 11.4 Å². The highest BCUT2D eigenvalue weighted by Crippen LogP contribution is 2.45. The van der Waals surface area contributed by atoms with Crippen LogP contribution in [0.4, 0.5) is 5.69 Å². The fraction of sp³-hybridized carbons (Fsp3) is 0.292. The van der Waals surface area contributed by atoms with Crippen LogP contribution in [0.2, 0.25) is 0 Å². The molecule has 2 aromatic rings. The maximum Gasteiger partial charge on any atom is 0.354 e. The molecule has 4 heteroatoms. The van der Waals surface area contributed by atoms with Gasteiger partial charge in [-0.15, -0.1) is 0 Å². The Bertz CT molecular complexity index is 913. The number of methoxy groups -OCH3 is 2. The highest BCUT2D eigenvalue weighted by Gasteiger charge is 2.35. The van der Waals surface area contributed by atoms with Crippen LogP contribution in [-0.2, 0) is 9.53 Å². The molecular weight excluding hydrogens is 350 g/mol. The van der Waals surface area contributed by atoms with Gasteiger partial charge in [0, 0.05) is 17.3 Å². The van der Waals surface area contributed by atoms with E-state index in [9.17, 15) is 4.79 Å². The Kier molecular flexibility index (Phi) is 5.20. The number of carbonyl (C=O) groups is 1. The lowest BCUT2D eigenvalue weighted by molar-refractivity contribution is -0.136. The monoisotopic (exact) mass is 375 g/mol. The van der Waals surface area contributed by atoms with E-state index in [4.69, 9.17) is 9.47 Å². The van der Waals surface area contributed by atoms with Crippen molar-refractivity contribution in [2.75, 3.05) is 19.1 Å². The second-order valence-corrected chi connectivity index (χ2v) is 7.14. The molecule has 2 aromatic carbocycles. The van der Waals surface area contributed by atoms with Gasteiger partial charge in [-0.25, -0.2) is 4.79 Å². The van der Waals surface area contributed by atoms with E-state index in [1.807, 2.05) is 30.3 Å². The molecule has 0 saturated heterocycles. The maximum absolute atomic E-state index is 12.7. The minimum absolute atomic E-state index is 0.111. The number of hydrogen-bond donors (Lipinski definition) is 0. The first-order valence-electron chi connectivity index (χ1n) is 9.74. The summed E-state index contributed by atoms with van der Waals surface area (Å²) in [5, 5.41) is 0. The maximum atomic E-state index is 12.7. The molecule has 1 atom stereocenters. The average molecular weight is 375 g/mol. The lowest BCUT2D eigenvalue weighted by Gasteiger charge is -2.39. The molecule has 0 fully saturated rings. The van der Waals surface area contributed by atoms with Gasteiger partial charge in [0.15, 0.2) is 0 Å². The molecule has 4 nitrogen and oxygen atoms in total. The third kappa shape index (κ3) is 3.31. The van der Waals surface area contributed by atoms with Crippen molar-refractivity contribution >= 4 is 11.7 Å². The van der Waals surface area contributed by atoms with E-state index < -0.39 is 0 Å². The van der Waals surface area contributed by atoms with Crippen LogP contribution < -0.4 is 9.64 Å². The summed E-state index contributed by atoms with van der Waals surface area (Å²) in [6.07, 6.45) is 6.38. The Morgan fingerprint density at radius 1 is 0.964 bits per heavy atom. The summed E-state index contributed by atoms with van der Waals surface area (Å²) in [4.78, 5) is 14.8. The van der Waals surface area contributed by atoms with Crippen molar-refractivity contribution < 1.29 is 14.3 Å². The van der Waals surface area contributed by atoms with Gasteiger partial charge in [-0.2, -0.15) is 0 Å². The van der Waals surface area contributed by atoms with Gasteiger partial charge in [0.25, 0.3) is 0 Å². The zero-order chi connectivity index (χ0) is 19.5. The third-order valence-corrected chi connectivity index (χ3v) is 5.57. The molecule has 28 heavy (non-hydrogen) atoms. The summed E-state index contributed by atoms with van der Waals surface area (Å²) in [7, 11) is 3.10. The number of benzene rings is 2. The van der Waals surface area contributed by atoms with E-state index in [0.29, 0.717) is 5.70 Å². The number of carbonyl (C=O) groups excluding carboxylic acids is 1. The zero-order valence-electron chi connectivity index (χ0n) is 16.4. The second-order valence-electron chi connectivity index (χ2n) is 7.14. The zero-order valence-corrected chi connectivity index (χ0v) is 16.4. The molecule has 0 radical (unpaired) electrons. The summed E-state index contributed by atoms with van der Waals surface area (Å²) < 4.78 is 10.5. The summed E-state index contributed by atoms with van der Waals surface area (Å²) in [5.74, 6) is 0.596. The number of esters is 1. The Hall–Kier alpha value is -3.01. The van der Waals surface area contributed by atoms with Crippen molar-refractivity contribution in [3.63, 3.8) is 0 Å².